The first kappa shape index (κ1) is 13.9. The number of nitrogens with zero attached hydrogens (tertiary/aromatic N) is 1. The Balaban J connectivity index is 2.30. The van der Waals surface area contributed by atoms with E-state index in [1.54, 1.807) is 0 Å². The number of aromatic hydroxyl groups is 2. The number of hydrogen-bond acceptors (Lipinski definition) is 6. The Morgan fingerprint density at radius 2 is 2.00 bits per heavy atom. The minimum atomic E-state index is -1.29. The van der Waals surface area contributed by atoms with E-state index >= 15 is 0 Å². The van der Waals surface area contributed by atoms with Crippen LogP contribution in [0.25, 0.3) is 6.08 Å². The Morgan fingerprint density at radius 1 is 1.30 bits per heavy atom. The van der Waals surface area contributed by atoms with Gasteiger partial charge >= 0.3 is 5.97 Å². The highest BCUT2D eigenvalue weighted by molar-refractivity contribution is 8.18. The lowest BCUT2D eigenvalue weighted by Crippen LogP contribution is -2.33. The van der Waals surface area contributed by atoms with Crippen molar-refractivity contribution in [2.75, 3.05) is 6.54 Å². The van der Waals surface area contributed by atoms with Crippen LogP contribution in [0.1, 0.15) is 5.56 Å². The maximum Gasteiger partial charge on any atom is 0.323 e. The minimum Gasteiger partial charge on any atom is -0.508 e. The van der Waals surface area contributed by atoms with Crippen molar-refractivity contribution in [2.24, 2.45) is 0 Å². The van der Waals surface area contributed by atoms with Crippen LogP contribution in [0, 0.1) is 0 Å². The molecule has 1 aromatic rings. The quantitative estimate of drug-likeness (QED) is 0.718. The number of phenols is 2. The fraction of sp³-hybridized carbons (Fsp3) is 0.0833. The van der Waals surface area contributed by atoms with Gasteiger partial charge in [-0.3, -0.25) is 19.3 Å². The lowest BCUT2D eigenvalue weighted by molar-refractivity contribution is -0.140. The molecule has 0 saturated carbocycles. The summed E-state index contributed by atoms with van der Waals surface area (Å²) in [6.45, 7) is -0.705. The van der Waals surface area contributed by atoms with Gasteiger partial charge in [0.2, 0.25) is 0 Å². The Morgan fingerprint density at radius 3 is 2.60 bits per heavy atom. The second-order valence-electron chi connectivity index (χ2n) is 3.90. The van der Waals surface area contributed by atoms with E-state index in [0.717, 1.165) is 6.07 Å². The molecule has 1 heterocycles. The molecule has 7 nitrogen and oxygen atoms in total. The molecule has 0 aromatic heterocycles. The highest BCUT2D eigenvalue weighted by Crippen LogP contribution is 2.34. The molecule has 1 fully saturated rings. The average Bonchev–Trinajstić information content (AvgIpc) is 2.60. The molecule has 0 spiro atoms. The lowest BCUT2D eigenvalue weighted by atomic mass is 10.1. The molecule has 2 amide bonds. The van der Waals surface area contributed by atoms with Crippen LogP contribution in [0.15, 0.2) is 23.1 Å². The predicted molar refractivity (Wildman–Crippen MR) is 70.1 cm³/mol. The van der Waals surface area contributed by atoms with Gasteiger partial charge in [0.15, 0.2) is 0 Å². The van der Waals surface area contributed by atoms with E-state index in [0.29, 0.717) is 16.7 Å². The van der Waals surface area contributed by atoms with Gasteiger partial charge in [-0.1, -0.05) is 0 Å². The average molecular weight is 295 g/mol. The Labute approximate surface area is 117 Å². The van der Waals surface area contributed by atoms with Crippen molar-refractivity contribution in [3.8, 4) is 11.5 Å². The van der Waals surface area contributed by atoms with E-state index in [1.165, 1.54) is 18.2 Å². The predicted octanol–water partition coefficient (Wildman–Crippen LogP) is 1.22. The number of thioether (sulfide) groups is 1. The van der Waals surface area contributed by atoms with Crippen LogP contribution in [0.3, 0.4) is 0 Å². The van der Waals surface area contributed by atoms with Crippen molar-refractivity contribution in [2.45, 2.75) is 0 Å². The smallest absolute Gasteiger partial charge is 0.323 e. The molecule has 3 N–H and O–H groups in total. The van der Waals surface area contributed by atoms with E-state index in [9.17, 15) is 19.5 Å². The van der Waals surface area contributed by atoms with Crippen LogP contribution in [0.2, 0.25) is 0 Å². The molecule has 2 rings (SSSR count). The highest BCUT2D eigenvalue weighted by Gasteiger charge is 2.36. The molecule has 0 bridgehead atoms. The SMILES string of the molecule is O=C(O)CN1C(=O)S/C(=C\c2ccc(O)cc2O)C1=O. The normalized spacial score (nSPS) is 17.0. The van der Waals surface area contributed by atoms with Gasteiger partial charge in [-0.2, -0.15) is 0 Å². The highest BCUT2D eigenvalue weighted by atomic mass is 32.2. The summed E-state index contributed by atoms with van der Waals surface area (Å²) < 4.78 is 0. The Kier molecular flexibility index (Phi) is 3.66. The van der Waals surface area contributed by atoms with E-state index in [1.807, 2.05) is 0 Å². The van der Waals surface area contributed by atoms with Crippen molar-refractivity contribution in [1.29, 1.82) is 0 Å². The van der Waals surface area contributed by atoms with Crippen molar-refractivity contribution in [3.63, 3.8) is 0 Å². The summed E-state index contributed by atoms with van der Waals surface area (Å²) >= 11 is 0.593. The summed E-state index contributed by atoms with van der Waals surface area (Å²) in [6, 6.07) is 3.77. The van der Waals surface area contributed by atoms with Gasteiger partial charge in [-0.15, -0.1) is 0 Å². The van der Waals surface area contributed by atoms with E-state index in [-0.39, 0.29) is 22.0 Å². The fourth-order valence-electron chi connectivity index (χ4n) is 1.57. The van der Waals surface area contributed by atoms with Crippen LogP contribution in [0.5, 0.6) is 11.5 Å². The van der Waals surface area contributed by atoms with Crippen LogP contribution >= 0.6 is 11.8 Å². The Hall–Kier alpha value is -2.48. The minimum absolute atomic E-state index is 0.0113. The fourth-order valence-corrected chi connectivity index (χ4v) is 2.40. The number of carbonyl (C=O) groups excluding carboxylic acids is 2. The number of hydrogen-bond donors (Lipinski definition) is 3. The summed E-state index contributed by atoms with van der Waals surface area (Å²) in [5.74, 6) is -2.41. The maximum atomic E-state index is 11.9. The zero-order valence-electron chi connectivity index (χ0n) is 9.94. The second kappa shape index (κ2) is 5.25. The maximum absolute atomic E-state index is 11.9. The molecule has 104 valence electrons. The molecule has 1 aromatic carbocycles. The molecule has 8 heteroatoms. The van der Waals surface area contributed by atoms with E-state index in [4.69, 9.17) is 10.2 Å². The first-order valence-electron chi connectivity index (χ1n) is 5.37. The number of carboxylic acid groups (broad SMARTS) is 1. The summed E-state index contributed by atoms with van der Waals surface area (Å²) in [7, 11) is 0. The molecule has 0 unspecified atom stereocenters. The number of benzene rings is 1. The second-order valence-corrected chi connectivity index (χ2v) is 4.90. The Bertz CT molecular complexity index is 639. The van der Waals surface area contributed by atoms with E-state index in [2.05, 4.69) is 0 Å². The number of amides is 2. The van der Waals surface area contributed by atoms with Gasteiger partial charge in [0, 0.05) is 11.6 Å². The molecule has 20 heavy (non-hydrogen) atoms. The third kappa shape index (κ3) is 2.75. The zero-order chi connectivity index (χ0) is 14.9. The topological polar surface area (TPSA) is 115 Å². The molecule has 1 aliphatic heterocycles. The first-order valence-corrected chi connectivity index (χ1v) is 6.19. The van der Waals surface area contributed by atoms with Gasteiger partial charge in [0.05, 0.1) is 4.91 Å². The van der Waals surface area contributed by atoms with Gasteiger partial charge < -0.3 is 15.3 Å². The monoisotopic (exact) mass is 295 g/mol. The molecule has 0 aliphatic carbocycles. The number of aliphatic carboxylic acids is 1. The van der Waals surface area contributed by atoms with Crippen LogP contribution in [0.4, 0.5) is 4.79 Å². The molecular weight excluding hydrogens is 286 g/mol. The van der Waals surface area contributed by atoms with Crippen LogP contribution < -0.4 is 0 Å². The molecule has 1 saturated heterocycles. The molecule has 1 aliphatic rings. The van der Waals surface area contributed by atoms with E-state index < -0.39 is 23.7 Å². The summed E-state index contributed by atoms with van der Waals surface area (Å²) in [4.78, 5) is 34.6. The van der Waals surface area contributed by atoms with Gasteiger partial charge in [-0.05, 0) is 30.0 Å². The van der Waals surface area contributed by atoms with Gasteiger partial charge in [0.1, 0.15) is 18.0 Å². The van der Waals surface area contributed by atoms with Crippen molar-refractivity contribution in [1.82, 2.24) is 4.90 Å². The van der Waals surface area contributed by atoms with Gasteiger partial charge in [-0.25, -0.2) is 0 Å². The number of rotatable bonds is 3. The lowest BCUT2D eigenvalue weighted by Gasteiger charge is -2.07. The third-order valence-corrected chi connectivity index (χ3v) is 3.37. The van der Waals surface area contributed by atoms with Crippen molar-refractivity contribution >= 4 is 35.0 Å². The number of carbonyl (C=O) groups is 3. The number of carboxylic acids is 1. The van der Waals surface area contributed by atoms with Crippen molar-refractivity contribution < 1.29 is 29.7 Å². The number of phenolic OH excluding ortho intramolecular Hbond substituents is 2. The zero-order valence-corrected chi connectivity index (χ0v) is 10.8. The van der Waals surface area contributed by atoms with Gasteiger partial charge in [0.25, 0.3) is 11.1 Å². The summed E-state index contributed by atoms with van der Waals surface area (Å²) in [5.41, 5.74) is 0.239. The summed E-state index contributed by atoms with van der Waals surface area (Å²) in [6.07, 6.45) is 1.27. The standard InChI is InChI=1S/C12H9NO6S/c14-7-2-1-6(8(15)4-7)3-9-11(18)13(5-10(16)17)12(19)20-9/h1-4,14-15H,5H2,(H,16,17)/b9-3-. The van der Waals surface area contributed by atoms with Crippen LogP contribution in [-0.4, -0.2) is 43.9 Å². The molecular formula is C12H9NO6S. The third-order valence-electron chi connectivity index (χ3n) is 2.47. The molecule has 0 atom stereocenters. The van der Waals surface area contributed by atoms with Crippen LogP contribution in [-0.2, 0) is 9.59 Å². The van der Waals surface area contributed by atoms with Crippen molar-refractivity contribution in [3.05, 3.63) is 28.7 Å². The summed E-state index contributed by atoms with van der Waals surface area (Å²) in [5, 5.41) is 26.7. The first-order chi connectivity index (χ1) is 9.38. The molecule has 0 radical (unpaired) electrons. The largest absolute Gasteiger partial charge is 0.508 e. The number of imide groups is 1.